The third-order valence-corrected chi connectivity index (χ3v) is 4.76. The molecule has 0 radical (unpaired) electrons. The van der Waals surface area contributed by atoms with Gasteiger partial charge >= 0.3 is 0 Å². The summed E-state index contributed by atoms with van der Waals surface area (Å²) < 4.78 is 5.50. The van der Waals surface area contributed by atoms with Crippen LogP contribution in [0.25, 0.3) is 6.08 Å². The average Bonchev–Trinajstić information content (AvgIpc) is 3.17. The van der Waals surface area contributed by atoms with Gasteiger partial charge in [-0.25, -0.2) is 0 Å². The van der Waals surface area contributed by atoms with Gasteiger partial charge in [0, 0.05) is 25.2 Å². The second kappa shape index (κ2) is 9.22. The molecule has 2 amide bonds. The normalized spacial score (nSPS) is 16.4. The molecule has 1 N–H and O–H groups in total. The topological polar surface area (TPSA) is 58.6 Å². The van der Waals surface area contributed by atoms with Gasteiger partial charge in [-0.15, -0.1) is 0 Å². The van der Waals surface area contributed by atoms with E-state index in [1.165, 1.54) is 6.92 Å². The van der Waals surface area contributed by atoms with Gasteiger partial charge in [0.1, 0.15) is 5.75 Å². The van der Waals surface area contributed by atoms with Crippen LogP contribution in [0.15, 0.2) is 54.6 Å². The van der Waals surface area contributed by atoms with Crippen molar-refractivity contribution < 1.29 is 14.3 Å². The van der Waals surface area contributed by atoms with E-state index in [9.17, 15) is 9.59 Å². The Bertz CT molecular complexity index is 841. The van der Waals surface area contributed by atoms with Crippen molar-refractivity contribution in [3.8, 4) is 5.75 Å². The van der Waals surface area contributed by atoms with E-state index in [-0.39, 0.29) is 17.9 Å². The lowest BCUT2D eigenvalue weighted by molar-refractivity contribution is -0.126. The van der Waals surface area contributed by atoms with Gasteiger partial charge in [0.15, 0.2) is 0 Å². The molecular weight excluding hydrogens is 352 g/mol. The van der Waals surface area contributed by atoms with Crippen LogP contribution in [-0.2, 0) is 9.59 Å². The molecule has 1 aliphatic rings. The van der Waals surface area contributed by atoms with Crippen molar-refractivity contribution in [3.63, 3.8) is 0 Å². The zero-order chi connectivity index (χ0) is 19.9. The van der Waals surface area contributed by atoms with E-state index in [1.54, 1.807) is 6.08 Å². The highest BCUT2D eigenvalue weighted by Crippen LogP contribution is 2.33. The monoisotopic (exact) mass is 378 g/mol. The molecule has 0 aliphatic carbocycles. The fourth-order valence-electron chi connectivity index (χ4n) is 3.47. The first-order valence-corrected chi connectivity index (χ1v) is 9.66. The number of ether oxygens (including phenoxy) is 1. The highest BCUT2D eigenvalue weighted by atomic mass is 16.5. The number of likely N-dealkylation sites (tertiary alicyclic amines) is 1. The smallest absolute Gasteiger partial charge is 0.247 e. The quantitative estimate of drug-likeness (QED) is 0.757. The van der Waals surface area contributed by atoms with Crippen LogP contribution in [0.1, 0.15) is 43.9 Å². The van der Waals surface area contributed by atoms with Gasteiger partial charge in [-0.2, -0.15) is 0 Å². The molecule has 1 aliphatic heterocycles. The number of rotatable bonds is 6. The summed E-state index contributed by atoms with van der Waals surface area (Å²) in [5.74, 6) is 0.764. The number of benzene rings is 2. The third kappa shape index (κ3) is 5.00. The second-order valence-corrected chi connectivity index (χ2v) is 6.83. The van der Waals surface area contributed by atoms with Crippen LogP contribution in [0.2, 0.25) is 0 Å². The van der Waals surface area contributed by atoms with Gasteiger partial charge in [0.2, 0.25) is 11.8 Å². The molecule has 1 unspecified atom stereocenters. The fraction of sp³-hybridized carbons (Fsp3) is 0.304. The third-order valence-electron chi connectivity index (χ3n) is 4.76. The van der Waals surface area contributed by atoms with Crippen LogP contribution < -0.4 is 10.1 Å². The summed E-state index contributed by atoms with van der Waals surface area (Å²) in [5, 5.41) is 2.73. The number of hydrogen-bond acceptors (Lipinski definition) is 3. The van der Waals surface area contributed by atoms with E-state index in [0.29, 0.717) is 6.61 Å². The second-order valence-electron chi connectivity index (χ2n) is 6.83. The lowest BCUT2D eigenvalue weighted by atomic mass is 10.0. The van der Waals surface area contributed by atoms with Gasteiger partial charge in [0.25, 0.3) is 0 Å². The van der Waals surface area contributed by atoms with Gasteiger partial charge in [-0.3, -0.25) is 9.59 Å². The summed E-state index contributed by atoms with van der Waals surface area (Å²) >= 11 is 0. The van der Waals surface area contributed by atoms with Crippen LogP contribution >= 0.6 is 0 Å². The molecule has 1 heterocycles. The fourth-order valence-corrected chi connectivity index (χ4v) is 3.47. The first-order valence-electron chi connectivity index (χ1n) is 9.66. The van der Waals surface area contributed by atoms with Crippen LogP contribution in [-0.4, -0.2) is 29.9 Å². The minimum Gasteiger partial charge on any atom is -0.494 e. The van der Waals surface area contributed by atoms with Crippen molar-refractivity contribution in [2.75, 3.05) is 18.5 Å². The zero-order valence-electron chi connectivity index (χ0n) is 16.4. The van der Waals surface area contributed by atoms with E-state index >= 15 is 0 Å². The van der Waals surface area contributed by atoms with Crippen molar-refractivity contribution in [2.24, 2.45) is 0 Å². The number of anilines is 1. The molecule has 2 aromatic carbocycles. The van der Waals surface area contributed by atoms with Crippen molar-refractivity contribution in [3.05, 3.63) is 65.7 Å². The Kier molecular flexibility index (Phi) is 6.48. The Morgan fingerprint density at radius 3 is 2.50 bits per heavy atom. The molecule has 3 rings (SSSR count). The SMILES string of the molecule is CCOc1ccc(C2CCCN2C(=O)/C=C/c2ccc(NC(C)=O)cc2)cc1. The van der Waals surface area contributed by atoms with Gasteiger partial charge < -0.3 is 15.0 Å². The molecule has 1 fully saturated rings. The first kappa shape index (κ1) is 19.7. The Morgan fingerprint density at radius 2 is 1.86 bits per heavy atom. The predicted molar refractivity (Wildman–Crippen MR) is 111 cm³/mol. The molecule has 0 saturated carbocycles. The van der Waals surface area contributed by atoms with Crippen molar-refractivity contribution in [1.82, 2.24) is 4.90 Å². The maximum absolute atomic E-state index is 12.7. The lowest BCUT2D eigenvalue weighted by Crippen LogP contribution is -2.28. The molecule has 5 heteroatoms. The molecule has 1 atom stereocenters. The molecule has 5 nitrogen and oxygen atoms in total. The van der Waals surface area contributed by atoms with E-state index in [0.717, 1.165) is 42.0 Å². The summed E-state index contributed by atoms with van der Waals surface area (Å²) in [6.45, 7) is 4.85. The van der Waals surface area contributed by atoms with Gasteiger partial charge in [-0.05, 0) is 61.2 Å². The largest absolute Gasteiger partial charge is 0.494 e. The van der Waals surface area contributed by atoms with Crippen molar-refractivity contribution >= 4 is 23.6 Å². The van der Waals surface area contributed by atoms with E-state index in [2.05, 4.69) is 5.32 Å². The standard InChI is InChI=1S/C23H26N2O3/c1-3-28-21-13-9-19(10-14-21)22-5-4-16-25(22)23(27)15-8-18-6-11-20(12-7-18)24-17(2)26/h6-15,22H,3-5,16H2,1-2H3,(H,24,26)/b15-8+. The van der Waals surface area contributed by atoms with Crippen LogP contribution in [0.5, 0.6) is 5.75 Å². The first-order chi connectivity index (χ1) is 13.6. The molecular formula is C23H26N2O3. The van der Waals surface area contributed by atoms with Crippen LogP contribution in [0, 0.1) is 0 Å². The van der Waals surface area contributed by atoms with E-state index in [1.807, 2.05) is 66.4 Å². The Labute approximate surface area is 166 Å². The average molecular weight is 378 g/mol. The maximum atomic E-state index is 12.7. The number of hydrogen-bond donors (Lipinski definition) is 1. The molecule has 0 bridgehead atoms. The summed E-state index contributed by atoms with van der Waals surface area (Å²) in [4.78, 5) is 25.7. The van der Waals surface area contributed by atoms with Crippen LogP contribution in [0.3, 0.4) is 0 Å². The molecule has 1 saturated heterocycles. The zero-order valence-corrected chi connectivity index (χ0v) is 16.4. The predicted octanol–water partition coefficient (Wildman–Crippen LogP) is 4.42. The number of nitrogens with one attached hydrogen (secondary N) is 1. The summed E-state index contributed by atoms with van der Waals surface area (Å²) in [7, 11) is 0. The van der Waals surface area contributed by atoms with Gasteiger partial charge in [0.05, 0.1) is 12.6 Å². The minimum absolute atomic E-state index is 0.0160. The molecule has 0 spiro atoms. The van der Waals surface area contributed by atoms with Crippen molar-refractivity contribution in [1.29, 1.82) is 0 Å². The molecule has 2 aromatic rings. The molecule has 0 aromatic heterocycles. The number of carbonyl (C=O) groups excluding carboxylic acids is 2. The number of nitrogens with zero attached hydrogens (tertiary/aromatic N) is 1. The number of amides is 2. The summed E-state index contributed by atoms with van der Waals surface area (Å²) in [6, 6.07) is 15.5. The van der Waals surface area contributed by atoms with E-state index < -0.39 is 0 Å². The minimum atomic E-state index is -0.104. The van der Waals surface area contributed by atoms with Crippen molar-refractivity contribution in [2.45, 2.75) is 32.7 Å². The lowest BCUT2D eigenvalue weighted by Gasteiger charge is -2.24. The summed E-state index contributed by atoms with van der Waals surface area (Å²) in [5.41, 5.74) is 2.80. The van der Waals surface area contributed by atoms with Crippen LogP contribution in [0.4, 0.5) is 5.69 Å². The Balaban J connectivity index is 1.65. The highest BCUT2D eigenvalue weighted by Gasteiger charge is 2.28. The summed E-state index contributed by atoms with van der Waals surface area (Å²) in [6.07, 6.45) is 5.41. The highest BCUT2D eigenvalue weighted by molar-refractivity contribution is 5.92. The molecule has 146 valence electrons. The molecule has 28 heavy (non-hydrogen) atoms. The Morgan fingerprint density at radius 1 is 1.14 bits per heavy atom. The van der Waals surface area contributed by atoms with E-state index in [4.69, 9.17) is 4.74 Å². The number of carbonyl (C=O) groups is 2. The van der Waals surface area contributed by atoms with Gasteiger partial charge in [-0.1, -0.05) is 24.3 Å². The Hall–Kier alpha value is -3.08. The maximum Gasteiger partial charge on any atom is 0.247 e.